The van der Waals surface area contributed by atoms with Crippen molar-refractivity contribution in [3.8, 4) is 5.75 Å². The lowest BCUT2D eigenvalue weighted by atomic mass is 9.90. The first-order chi connectivity index (χ1) is 16.6. The fraction of sp³-hybridized carbons (Fsp3) is 0.417. The maximum atomic E-state index is 13.4. The van der Waals surface area contributed by atoms with Crippen LogP contribution in [0.5, 0.6) is 5.75 Å². The highest BCUT2D eigenvalue weighted by Crippen LogP contribution is 2.23. The molecule has 1 amide bonds. The van der Waals surface area contributed by atoms with Gasteiger partial charge < -0.3 is 20.9 Å². The van der Waals surface area contributed by atoms with Crippen LogP contribution >= 0.6 is 0 Å². The predicted octanol–water partition coefficient (Wildman–Crippen LogP) is 2.54. The van der Waals surface area contributed by atoms with E-state index in [1.54, 1.807) is 19.1 Å². The van der Waals surface area contributed by atoms with E-state index in [9.17, 15) is 14.0 Å². The second kappa shape index (κ2) is 13.2. The second-order valence-electron chi connectivity index (χ2n) is 8.27. The van der Waals surface area contributed by atoms with Crippen molar-refractivity contribution in [2.24, 2.45) is 22.6 Å². The number of carbonyl (C=O) groups excluding carboxylic acids is 1. The summed E-state index contributed by atoms with van der Waals surface area (Å²) in [7, 11) is 2.91. The van der Waals surface area contributed by atoms with Gasteiger partial charge in [0, 0.05) is 24.8 Å². The summed E-state index contributed by atoms with van der Waals surface area (Å²) in [5.74, 6) is 4.23. The highest BCUT2D eigenvalue weighted by molar-refractivity contribution is 6.00. The molecule has 0 aliphatic heterocycles. The normalized spacial score (nSPS) is 13.9. The van der Waals surface area contributed by atoms with Gasteiger partial charge in [0.15, 0.2) is 17.4 Å². The molecule has 0 radical (unpaired) electrons. The van der Waals surface area contributed by atoms with Crippen LogP contribution in [0.3, 0.4) is 0 Å². The number of hydrogen-bond donors (Lipinski definition) is 4. The number of nitrogens with one attached hydrogen (secondary N) is 1. The number of halogens is 1. The average Bonchev–Trinajstić information content (AvgIpc) is 2.83. The van der Waals surface area contributed by atoms with E-state index < -0.39 is 17.7 Å². The number of hydrazine groups is 1. The minimum absolute atomic E-state index is 0.0289. The van der Waals surface area contributed by atoms with E-state index in [4.69, 9.17) is 21.4 Å². The number of benzene rings is 1. The molecule has 0 atom stereocenters. The number of amidine groups is 1. The van der Waals surface area contributed by atoms with Crippen molar-refractivity contribution >= 4 is 17.7 Å². The number of aryl methyl sites for hydroxylation is 1. The molecule has 0 spiro atoms. The molecular weight excluding hydrogens is 455 g/mol. The molecule has 1 aromatic heterocycles. The fourth-order valence-corrected chi connectivity index (χ4v) is 3.60. The molecule has 3 rings (SSSR count). The zero-order valence-electron chi connectivity index (χ0n) is 20.3. The van der Waals surface area contributed by atoms with Crippen molar-refractivity contribution < 1.29 is 23.8 Å². The number of aromatic nitrogens is 1. The molecule has 0 bridgehead atoms. The van der Waals surface area contributed by atoms with E-state index in [2.05, 4.69) is 15.4 Å². The summed E-state index contributed by atoms with van der Waals surface area (Å²) in [6.07, 6.45) is 5.24. The molecular formula is C24H33FN6O4. The summed E-state index contributed by atoms with van der Waals surface area (Å²) in [6.45, 7) is 1.93. The van der Waals surface area contributed by atoms with Gasteiger partial charge in [0.1, 0.15) is 5.69 Å². The van der Waals surface area contributed by atoms with Gasteiger partial charge in [0.2, 0.25) is 0 Å². The van der Waals surface area contributed by atoms with Crippen LogP contribution in [0.4, 0.5) is 4.39 Å². The molecule has 190 valence electrons. The van der Waals surface area contributed by atoms with Crippen molar-refractivity contribution in [2.45, 2.75) is 45.6 Å². The summed E-state index contributed by atoms with van der Waals surface area (Å²) < 4.78 is 18.4. The Balaban J connectivity index is 0.000000402. The number of nitrogens with two attached hydrogens (primary N) is 2. The number of pyridine rings is 1. The van der Waals surface area contributed by atoms with Gasteiger partial charge in [-0.05, 0) is 49.6 Å². The van der Waals surface area contributed by atoms with Crippen LogP contribution in [0, 0.1) is 18.7 Å². The zero-order chi connectivity index (χ0) is 26.0. The highest BCUT2D eigenvalue weighted by atomic mass is 19.1. The number of hydrogen-bond acceptors (Lipinski definition) is 7. The van der Waals surface area contributed by atoms with E-state index >= 15 is 0 Å². The summed E-state index contributed by atoms with van der Waals surface area (Å²) in [4.78, 5) is 27.0. The minimum atomic E-state index is -0.602. The summed E-state index contributed by atoms with van der Waals surface area (Å²) in [5, 5.41) is 16.2. The Morgan fingerprint density at radius 1 is 1.26 bits per heavy atom. The Hall–Kier alpha value is -3.73. The van der Waals surface area contributed by atoms with Crippen molar-refractivity contribution in [1.82, 2.24) is 15.4 Å². The third kappa shape index (κ3) is 8.85. The van der Waals surface area contributed by atoms with Crippen LogP contribution in [-0.4, -0.2) is 47.1 Å². The number of hydrazone groups is 1. The Bertz CT molecular complexity index is 1050. The highest BCUT2D eigenvalue weighted by Gasteiger charge is 2.19. The smallest absolute Gasteiger partial charge is 0.306 e. The van der Waals surface area contributed by atoms with E-state index in [0.717, 1.165) is 30.8 Å². The lowest BCUT2D eigenvalue weighted by Gasteiger charge is -2.16. The number of rotatable bonds is 7. The number of methoxy groups -OCH3 is 1. The Morgan fingerprint density at radius 2 is 1.94 bits per heavy atom. The number of carboxylic acid groups (broad SMARTS) is 1. The first-order valence-electron chi connectivity index (χ1n) is 11.3. The molecule has 2 aromatic rings. The monoisotopic (exact) mass is 488 g/mol. The van der Waals surface area contributed by atoms with Gasteiger partial charge in [-0.1, -0.05) is 25.3 Å². The number of carbonyl (C=O) groups is 2. The Morgan fingerprint density at radius 3 is 2.51 bits per heavy atom. The van der Waals surface area contributed by atoms with Gasteiger partial charge in [-0.2, -0.15) is 0 Å². The van der Waals surface area contributed by atoms with Gasteiger partial charge in [0.05, 0.1) is 13.0 Å². The maximum Gasteiger partial charge on any atom is 0.306 e. The molecule has 1 heterocycles. The lowest BCUT2D eigenvalue weighted by molar-refractivity contribution is -0.142. The van der Waals surface area contributed by atoms with Crippen LogP contribution in [0.15, 0.2) is 35.4 Å². The SMILES string of the molecule is COc1cc(CNC(=O)c2cc(/C(N)=N/N(C)N)cc(C)n2)ccc1F.O=C(O)C1CCCCC1. The number of ether oxygens (including phenoxy) is 1. The molecule has 1 aliphatic rings. The second-order valence-corrected chi connectivity index (χ2v) is 8.27. The van der Waals surface area contributed by atoms with Gasteiger partial charge in [0.25, 0.3) is 5.91 Å². The third-order valence-electron chi connectivity index (χ3n) is 5.37. The molecule has 11 heteroatoms. The summed E-state index contributed by atoms with van der Waals surface area (Å²) in [6, 6.07) is 7.59. The van der Waals surface area contributed by atoms with Crippen LogP contribution in [-0.2, 0) is 11.3 Å². The first-order valence-corrected chi connectivity index (χ1v) is 11.3. The molecule has 0 unspecified atom stereocenters. The van der Waals surface area contributed by atoms with E-state index in [0.29, 0.717) is 16.8 Å². The topological polar surface area (TPSA) is 156 Å². The summed E-state index contributed by atoms with van der Waals surface area (Å²) in [5.41, 5.74) is 7.88. The maximum absolute atomic E-state index is 13.4. The van der Waals surface area contributed by atoms with Crippen molar-refractivity contribution in [3.63, 3.8) is 0 Å². The zero-order valence-corrected chi connectivity index (χ0v) is 20.3. The Labute approximate surface area is 204 Å². The van der Waals surface area contributed by atoms with Gasteiger partial charge in [-0.3, -0.25) is 9.59 Å². The van der Waals surface area contributed by atoms with E-state index in [1.807, 2.05) is 0 Å². The van der Waals surface area contributed by atoms with Crippen LogP contribution < -0.4 is 21.6 Å². The third-order valence-corrected chi connectivity index (χ3v) is 5.37. The van der Waals surface area contributed by atoms with Gasteiger partial charge in [-0.25, -0.2) is 20.3 Å². The number of amides is 1. The number of aliphatic carboxylic acids is 1. The molecule has 0 saturated heterocycles. The van der Waals surface area contributed by atoms with Crippen LogP contribution in [0.25, 0.3) is 0 Å². The van der Waals surface area contributed by atoms with Crippen molar-refractivity contribution in [2.75, 3.05) is 14.2 Å². The summed E-state index contributed by atoms with van der Waals surface area (Å²) >= 11 is 0. The predicted molar refractivity (Wildman–Crippen MR) is 130 cm³/mol. The van der Waals surface area contributed by atoms with Crippen molar-refractivity contribution in [1.29, 1.82) is 0 Å². The number of nitrogens with zero attached hydrogens (tertiary/aromatic N) is 3. The lowest BCUT2D eigenvalue weighted by Crippen LogP contribution is -2.27. The molecule has 1 aromatic carbocycles. The van der Waals surface area contributed by atoms with E-state index in [-0.39, 0.29) is 29.7 Å². The first kappa shape index (κ1) is 27.5. The fourth-order valence-electron chi connectivity index (χ4n) is 3.60. The Kier molecular flexibility index (Phi) is 10.4. The quantitative estimate of drug-likeness (QED) is 0.200. The average molecular weight is 489 g/mol. The van der Waals surface area contributed by atoms with Crippen LogP contribution in [0.1, 0.15) is 59.4 Å². The number of carboxylic acids is 1. The van der Waals surface area contributed by atoms with Gasteiger partial charge in [-0.15, -0.1) is 5.10 Å². The molecule has 1 saturated carbocycles. The van der Waals surface area contributed by atoms with Crippen molar-refractivity contribution in [3.05, 3.63) is 58.7 Å². The molecule has 6 N–H and O–H groups in total. The molecule has 1 aliphatic carbocycles. The molecule has 10 nitrogen and oxygen atoms in total. The van der Waals surface area contributed by atoms with E-state index in [1.165, 1.54) is 38.8 Å². The largest absolute Gasteiger partial charge is 0.494 e. The standard InChI is InChI=1S/C17H21FN6O2.C7H12O2/c1-10-6-12(16(19)23-24(2)20)8-14(22-10)17(25)21-9-11-4-5-13(18)15(7-11)26-3;8-7(9)6-4-2-1-3-5-6/h4-8H,9,20H2,1-3H3,(H2,19,23)(H,21,25);6H,1-5H2,(H,8,9). The van der Waals surface area contributed by atoms with Gasteiger partial charge >= 0.3 is 5.97 Å². The van der Waals surface area contributed by atoms with Crippen LogP contribution in [0.2, 0.25) is 0 Å². The molecule has 1 fully saturated rings. The minimum Gasteiger partial charge on any atom is -0.494 e. The molecule has 35 heavy (non-hydrogen) atoms.